The van der Waals surface area contributed by atoms with Crippen LogP contribution >= 0.6 is 7.82 Å². The van der Waals surface area contributed by atoms with E-state index in [0.717, 1.165) is 0 Å². The number of phosphoric acid groups is 1. The summed E-state index contributed by atoms with van der Waals surface area (Å²) < 4.78 is 44.5. The van der Waals surface area contributed by atoms with Gasteiger partial charge < -0.3 is 28.6 Å². The molecule has 0 aromatic rings. The van der Waals surface area contributed by atoms with Crippen LogP contribution in [0.2, 0.25) is 0 Å². The van der Waals surface area contributed by atoms with Gasteiger partial charge in [-0.15, -0.1) is 0 Å². The predicted octanol–water partition coefficient (Wildman–Crippen LogP) is 1.56. The molecule has 0 aromatic heterocycles. The van der Waals surface area contributed by atoms with Crippen LogP contribution in [-0.2, 0) is 37.4 Å². The third kappa shape index (κ3) is 6.97. The van der Waals surface area contributed by atoms with Crippen molar-refractivity contribution in [2.24, 2.45) is 0 Å². The number of aliphatic hydroxyl groups excluding tert-OH is 1. The van der Waals surface area contributed by atoms with Crippen molar-refractivity contribution >= 4 is 13.8 Å². The van der Waals surface area contributed by atoms with Gasteiger partial charge in [0.05, 0.1) is 37.1 Å². The molecule has 0 aliphatic carbocycles. The number of rotatable bonds is 9. The van der Waals surface area contributed by atoms with Gasteiger partial charge in [-0.3, -0.25) is 9.42 Å². The molecule has 2 fully saturated rings. The van der Waals surface area contributed by atoms with Crippen LogP contribution in [0.1, 0.15) is 48.0 Å². The Kier molecular flexibility index (Phi) is 8.64. The third-order valence-electron chi connectivity index (χ3n) is 4.59. The van der Waals surface area contributed by atoms with Gasteiger partial charge >= 0.3 is 13.8 Å². The first-order valence-electron chi connectivity index (χ1n) is 9.90. The lowest BCUT2D eigenvalue weighted by Gasteiger charge is -2.25. The lowest BCUT2D eigenvalue weighted by Crippen LogP contribution is -2.38. The van der Waals surface area contributed by atoms with Gasteiger partial charge in [-0.05, 0) is 41.5 Å². The Labute approximate surface area is 171 Å². The van der Waals surface area contributed by atoms with Crippen molar-refractivity contribution < 1.29 is 47.4 Å². The van der Waals surface area contributed by atoms with Crippen LogP contribution in [-0.4, -0.2) is 77.5 Å². The smallest absolute Gasteiger partial charge is 0.388 e. The van der Waals surface area contributed by atoms with Crippen molar-refractivity contribution in [3.63, 3.8) is 0 Å². The molecule has 2 rings (SSSR count). The number of hydrogen-bond acceptors (Lipinski definition) is 9. The molecule has 8 atom stereocenters. The number of ether oxygens (including phenoxy) is 4. The SMILES string of the molecule is CC(C)OCC1OC(C)C(O)C1OP(=O)(O)OC(=O)C1OC(C)CC1OC(C)C. The molecule has 0 bridgehead atoms. The Morgan fingerprint density at radius 1 is 1.17 bits per heavy atom. The maximum atomic E-state index is 12.5. The molecular weight excluding hydrogens is 407 g/mol. The van der Waals surface area contributed by atoms with Gasteiger partial charge in [0.25, 0.3) is 0 Å². The summed E-state index contributed by atoms with van der Waals surface area (Å²) in [7, 11) is -4.86. The van der Waals surface area contributed by atoms with Crippen molar-refractivity contribution in [2.45, 2.75) is 103 Å². The molecule has 10 nitrogen and oxygen atoms in total. The van der Waals surface area contributed by atoms with Gasteiger partial charge in [-0.2, -0.15) is 0 Å². The standard InChI is InChI=1S/C18H33O10P/c1-9(2)23-8-14-16(15(19)12(6)26-14)27-29(21,22)28-18(20)17-13(24-10(3)4)7-11(5)25-17/h9-17,19H,7-8H2,1-6H3,(H,21,22). The minimum Gasteiger partial charge on any atom is -0.388 e. The van der Waals surface area contributed by atoms with E-state index in [1.54, 1.807) is 13.8 Å². The van der Waals surface area contributed by atoms with Gasteiger partial charge in [0.2, 0.25) is 0 Å². The maximum Gasteiger partial charge on any atom is 0.530 e. The van der Waals surface area contributed by atoms with Gasteiger partial charge in [0.1, 0.15) is 18.3 Å². The Bertz CT molecular complexity index is 597. The first-order valence-corrected chi connectivity index (χ1v) is 11.4. The number of carbonyl (C=O) groups is 1. The molecular formula is C18H33O10P. The van der Waals surface area contributed by atoms with Gasteiger partial charge in [-0.1, -0.05) is 0 Å². The topological polar surface area (TPSA) is 130 Å². The van der Waals surface area contributed by atoms with Crippen molar-refractivity contribution in [1.82, 2.24) is 0 Å². The fourth-order valence-electron chi connectivity index (χ4n) is 3.34. The van der Waals surface area contributed by atoms with Crippen molar-refractivity contribution in [3.8, 4) is 0 Å². The molecule has 2 N–H and O–H groups in total. The summed E-state index contributed by atoms with van der Waals surface area (Å²) >= 11 is 0. The van der Waals surface area contributed by atoms with E-state index in [9.17, 15) is 19.4 Å². The molecule has 2 heterocycles. The molecule has 8 unspecified atom stereocenters. The minimum atomic E-state index is -4.86. The Morgan fingerprint density at radius 3 is 2.41 bits per heavy atom. The fourth-order valence-corrected chi connectivity index (χ4v) is 4.28. The van der Waals surface area contributed by atoms with E-state index in [2.05, 4.69) is 0 Å². The number of hydrogen-bond donors (Lipinski definition) is 2. The lowest BCUT2D eigenvalue weighted by atomic mass is 10.1. The fraction of sp³-hybridized carbons (Fsp3) is 0.944. The number of carbonyl (C=O) groups excluding carboxylic acids is 1. The van der Waals surface area contributed by atoms with E-state index < -0.39 is 50.4 Å². The average molecular weight is 440 g/mol. The monoisotopic (exact) mass is 440 g/mol. The second-order valence-corrected chi connectivity index (χ2v) is 9.36. The second-order valence-electron chi connectivity index (χ2n) is 8.03. The van der Waals surface area contributed by atoms with Crippen LogP contribution in [0.5, 0.6) is 0 Å². The summed E-state index contributed by atoms with van der Waals surface area (Å²) in [6.45, 7) is 10.7. The van der Waals surface area contributed by atoms with Crippen LogP contribution in [0, 0.1) is 0 Å². The van der Waals surface area contributed by atoms with Gasteiger partial charge in [0, 0.05) is 6.42 Å². The van der Waals surface area contributed by atoms with E-state index in [1.165, 1.54) is 0 Å². The largest absolute Gasteiger partial charge is 0.530 e. The van der Waals surface area contributed by atoms with Crippen LogP contribution in [0.3, 0.4) is 0 Å². The van der Waals surface area contributed by atoms with Crippen LogP contribution in [0.4, 0.5) is 0 Å². The Hall–Kier alpha value is -0.580. The highest BCUT2D eigenvalue weighted by atomic mass is 31.2. The summed E-state index contributed by atoms with van der Waals surface area (Å²) in [6, 6.07) is 0. The molecule has 29 heavy (non-hydrogen) atoms. The van der Waals surface area contributed by atoms with E-state index in [-0.39, 0.29) is 24.9 Å². The summed E-state index contributed by atoms with van der Waals surface area (Å²) in [4.78, 5) is 22.6. The van der Waals surface area contributed by atoms with Crippen molar-refractivity contribution in [1.29, 1.82) is 0 Å². The third-order valence-corrected chi connectivity index (χ3v) is 5.51. The zero-order valence-electron chi connectivity index (χ0n) is 17.7. The molecule has 0 saturated carbocycles. The quantitative estimate of drug-likeness (QED) is 0.509. The predicted molar refractivity (Wildman–Crippen MR) is 101 cm³/mol. The first kappa shape index (κ1) is 24.7. The average Bonchev–Trinajstić information content (AvgIpc) is 3.06. The first-order chi connectivity index (χ1) is 13.4. The highest BCUT2D eigenvalue weighted by molar-refractivity contribution is 7.48. The summed E-state index contributed by atoms with van der Waals surface area (Å²) in [6.07, 6.45) is -5.62. The van der Waals surface area contributed by atoms with Crippen molar-refractivity contribution in [2.75, 3.05) is 6.61 Å². The number of phosphoric ester groups is 1. The molecule has 2 saturated heterocycles. The molecule has 0 spiro atoms. The highest BCUT2D eigenvalue weighted by Crippen LogP contribution is 2.48. The van der Waals surface area contributed by atoms with Crippen LogP contribution in [0.15, 0.2) is 0 Å². The molecule has 0 radical (unpaired) electrons. The zero-order valence-corrected chi connectivity index (χ0v) is 18.6. The second kappa shape index (κ2) is 10.2. The number of aliphatic hydroxyl groups is 1. The van der Waals surface area contributed by atoms with Gasteiger partial charge in [0.15, 0.2) is 6.10 Å². The summed E-state index contributed by atoms with van der Waals surface area (Å²) in [5.41, 5.74) is 0. The molecule has 11 heteroatoms. The lowest BCUT2D eigenvalue weighted by molar-refractivity contribution is -0.155. The normalized spacial score (nSPS) is 37.2. The summed E-state index contributed by atoms with van der Waals surface area (Å²) in [5.74, 6) is -1.05. The molecule has 2 aliphatic heterocycles. The molecule has 2 aliphatic rings. The van der Waals surface area contributed by atoms with E-state index >= 15 is 0 Å². The van der Waals surface area contributed by atoms with Crippen LogP contribution in [0.25, 0.3) is 0 Å². The molecule has 170 valence electrons. The Morgan fingerprint density at radius 2 is 1.83 bits per heavy atom. The summed E-state index contributed by atoms with van der Waals surface area (Å²) in [5, 5.41) is 10.3. The van der Waals surface area contributed by atoms with E-state index in [0.29, 0.717) is 6.42 Å². The van der Waals surface area contributed by atoms with Crippen molar-refractivity contribution in [3.05, 3.63) is 0 Å². The minimum absolute atomic E-state index is 0.0469. The van der Waals surface area contributed by atoms with E-state index in [1.807, 2.05) is 27.7 Å². The van der Waals surface area contributed by atoms with Gasteiger partial charge in [-0.25, -0.2) is 9.36 Å². The van der Waals surface area contributed by atoms with Crippen LogP contribution < -0.4 is 0 Å². The Balaban J connectivity index is 2.01. The molecule has 0 amide bonds. The highest BCUT2D eigenvalue weighted by Gasteiger charge is 2.49. The zero-order chi connectivity index (χ0) is 21.9. The maximum absolute atomic E-state index is 12.5. The van der Waals surface area contributed by atoms with E-state index in [4.69, 9.17) is 28.0 Å². The molecule has 0 aromatic carbocycles.